The monoisotopic (exact) mass is 343 g/mol. The van der Waals surface area contributed by atoms with Crippen molar-refractivity contribution >= 4 is 17.2 Å². The van der Waals surface area contributed by atoms with Crippen molar-refractivity contribution in [2.45, 2.75) is 19.9 Å². The molecule has 0 aliphatic rings. The lowest BCUT2D eigenvalue weighted by molar-refractivity contribution is 0.0912. The zero-order valence-electron chi connectivity index (χ0n) is 14.2. The molecule has 0 fully saturated rings. The highest BCUT2D eigenvalue weighted by atomic mass is 32.1. The maximum Gasteiger partial charge on any atom is 0.270 e. The van der Waals surface area contributed by atoms with Crippen molar-refractivity contribution in [2.24, 2.45) is 20.0 Å². The van der Waals surface area contributed by atoms with Crippen LogP contribution in [0.15, 0.2) is 36.0 Å². The second-order valence-electron chi connectivity index (χ2n) is 6.11. The van der Waals surface area contributed by atoms with E-state index < -0.39 is 0 Å². The summed E-state index contributed by atoms with van der Waals surface area (Å²) >= 11 is 1.61. The van der Waals surface area contributed by atoms with Gasteiger partial charge in [0.2, 0.25) is 0 Å². The van der Waals surface area contributed by atoms with Crippen LogP contribution in [0.2, 0.25) is 0 Å². The van der Waals surface area contributed by atoms with E-state index in [0.717, 1.165) is 16.4 Å². The lowest BCUT2D eigenvalue weighted by Gasteiger charge is -2.22. The van der Waals surface area contributed by atoms with E-state index in [0.29, 0.717) is 5.69 Å². The highest BCUT2D eigenvalue weighted by Gasteiger charge is 2.24. The maximum absolute atomic E-state index is 12.8. The predicted octanol–water partition coefficient (Wildman–Crippen LogP) is 3.01. The van der Waals surface area contributed by atoms with Gasteiger partial charge in [-0.3, -0.25) is 9.48 Å². The van der Waals surface area contributed by atoms with E-state index in [1.54, 1.807) is 29.3 Å². The van der Waals surface area contributed by atoms with Crippen LogP contribution in [0.5, 0.6) is 0 Å². The number of amides is 1. The van der Waals surface area contributed by atoms with Crippen molar-refractivity contribution in [2.75, 3.05) is 0 Å². The van der Waals surface area contributed by atoms with Gasteiger partial charge in [-0.1, -0.05) is 19.9 Å². The number of aryl methyl sites for hydroxylation is 2. The fraction of sp³-hybridized carbons (Fsp3) is 0.353. The number of carbonyl (C=O) groups excluding carboxylic acids is 1. The quantitative estimate of drug-likeness (QED) is 0.774. The molecule has 0 saturated carbocycles. The smallest absolute Gasteiger partial charge is 0.270 e. The van der Waals surface area contributed by atoms with Gasteiger partial charge in [0, 0.05) is 26.5 Å². The zero-order valence-corrected chi connectivity index (χ0v) is 15.0. The molecule has 0 aromatic carbocycles. The molecule has 0 saturated heterocycles. The number of nitrogens with zero attached hydrogens (tertiary/aromatic N) is 4. The van der Waals surface area contributed by atoms with E-state index in [1.807, 2.05) is 41.4 Å². The summed E-state index contributed by atoms with van der Waals surface area (Å²) < 4.78 is 3.56. The number of thiophene rings is 1. The molecular formula is C17H21N5OS. The van der Waals surface area contributed by atoms with Crippen LogP contribution >= 0.6 is 11.3 Å². The molecule has 0 aliphatic carbocycles. The molecule has 0 radical (unpaired) electrons. The molecule has 0 bridgehead atoms. The molecule has 0 unspecified atom stereocenters. The average molecular weight is 343 g/mol. The van der Waals surface area contributed by atoms with Gasteiger partial charge >= 0.3 is 0 Å². The summed E-state index contributed by atoms with van der Waals surface area (Å²) in [6.45, 7) is 4.14. The minimum absolute atomic E-state index is 0.144. The van der Waals surface area contributed by atoms with Gasteiger partial charge < -0.3 is 9.88 Å². The van der Waals surface area contributed by atoms with Crippen molar-refractivity contribution in [3.63, 3.8) is 0 Å². The third kappa shape index (κ3) is 3.12. The van der Waals surface area contributed by atoms with Crippen LogP contribution in [0.4, 0.5) is 0 Å². The van der Waals surface area contributed by atoms with Crippen molar-refractivity contribution in [3.8, 4) is 10.6 Å². The molecule has 0 spiro atoms. The first-order valence-electron chi connectivity index (χ1n) is 7.83. The fourth-order valence-electron chi connectivity index (χ4n) is 2.65. The van der Waals surface area contributed by atoms with Crippen LogP contribution in [0.3, 0.4) is 0 Å². The number of rotatable bonds is 5. The average Bonchev–Trinajstić information content (AvgIpc) is 3.25. The number of hydrogen-bond donors (Lipinski definition) is 1. The Morgan fingerprint density at radius 3 is 2.71 bits per heavy atom. The summed E-state index contributed by atoms with van der Waals surface area (Å²) in [6.07, 6.45) is 3.63. The summed E-state index contributed by atoms with van der Waals surface area (Å²) in [5, 5.41) is 9.55. The third-order valence-electron chi connectivity index (χ3n) is 3.98. The van der Waals surface area contributed by atoms with Crippen LogP contribution in [0.25, 0.3) is 10.6 Å². The molecule has 3 heterocycles. The predicted molar refractivity (Wildman–Crippen MR) is 94.8 cm³/mol. The largest absolute Gasteiger partial charge is 0.340 e. The topological polar surface area (TPSA) is 64.7 Å². The van der Waals surface area contributed by atoms with Crippen LogP contribution in [0, 0.1) is 5.92 Å². The van der Waals surface area contributed by atoms with Gasteiger partial charge in [-0.05, 0) is 23.4 Å². The summed E-state index contributed by atoms with van der Waals surface area (Å²) in [6, 6.07) is 5.65. The van der Waals surface area contributed by atoms with Gasteiger partial charge in [-0.15, -0.1) is 11.3 Å². The molecule has 24 heavy (non-hydrogen) atoms. The van der Waals surface area contributed by atoms with Crippen molar-refractivity contribution < 1.29 is 4.79 Å². The number of carbonyl (C=O) groups is 1. The van der Waals surface area contributed by atoms with Gasteiger partial charge in [-0.25, -0.2) is 4.98 Å². The first-order chi connectivity index (χ1) is 11.5. The normalized spacial score (nSPS) is 12.5. The molecule has 3 rings (SSSR count). The Bertz CT molecular complexity index is 831. The third-order valence-corrected chi connectivity index (χ3v) is 4.87. The molecule has 3 aromatic rings. The lowest BCUT2D eigenvalue weighted by atomic mass is 10.0. The van der Waals surface area contributed by atoms with E-state index in [1.165, 1.54) is 0 Å². The molecule has 3 aromatic heterocycles. The molecule has 0 aliphatic heterocycles. The molecule has 6 nitrogen and oxygen atoms in total. The van der Waals surface area contributed by atoms with Crippen molar-refractivity contribution in [1.29, 1.82) is 0 Å². The molecule has 7 heteroatoms. The Morgan fingerprint density at radius 2 is 2.12 bits per heavy atom. The highest BCUT2D eigenvalue weighted by molar-refractivity contribution is 7.13. The standard InChI is InChI=1S/C17H21N5OS/c1-11(2)15(16-18-7-8-21(16)3)19-17(23)13-10-12(20-22(13)4)14-6-5-9-24-14/h5-11,15H,1-4H3,(H,19,23)/t15-/m1/s1. The summed E-state index contributed by atoms with van der Waals surface area (Å²) in [7, 11) is 3.72. The molecule has 1 atom stereocenters. The van der Waals surface area contributed by atoms with E-state index in [9.17, 15) is 4.79 Å². The van der Waals surface area contributed by atoms with E-state index >= 15 is 0 Å². The van der Waals surface area contributed by atoms with Gasteiger partial charge in [0.05, 0.1) is 10.9 Å². The molecular weight excluding hydrogens is 322 g/mol. The Kier molecular flexibility index (Phi) is 4.53. The Balaban J connectivity index is 1.85. The highest BCUT2D eigenvalue weighted by Crippen LogP contribution is 2.25. The van der Waals surface area contributed by atoms with E-state index in [2.05, 4.69) is 29.2 Å². The van der Waals surface area contributed by atoms with Gasteiger partial charge in [0.1, 0.15) is 17.2 Å². The van der Waals surface area contributed by atoms with Crippen LogP contribution in [0.1, 0.15) is 36.2 Å². The minimum Gasteiger partial charge on any atom is -0.340 e. The summed E-state index contributed by atoms with van der Waals surface area (Å²) in [5.41, 5.74) is 1.36. The zero-order chi connectivity index (χ0) is 17.3. The Morgan fingerprint density at radius 1 is 1.33 bits per heavy atom. The fourth-order valence-corrected chi connectivity index (χ4v) is 3.33. The first-order valence-corrected chi connectivity index (χ1v) is 8.71. The van der Waals surface area contributed by atoms with Gasteiger partial charge in [0.25, 0.3) is 5.91 Å². The molecule has 1 N–H and O–H groups in total. The van der Waals surface area contributed by atoms with Crippen LogP contribution < -0.4 is 5.32 Å². The summed E-state index contributed by atoms with van der Waals surface area (Å²) in [4.78, 5) is 18.2. The van der Waals surface area contributed by atoms with Crippen molar-refractivity contribution in [1.82, 2.24) is 24.6 Å². The molecule has 1 amide bonds. The lowest BCUT2D eigenvalue weighted by Crippen LogP contribution is -2.34. The first kappa shape index (κ1) is 16.4. The second-order valence-corrected chi connectivity index (χ2v) is 7.05. The number of hydrogen-bond acceptors (Lipinski definition) is 4. The molecule has 126 valence electrons. The maximum atomic E-state index is 12.8. The Labute approximate surface area is 145 Å². The van der Waals surface area contributed by atoms with Crippen molar-refractivity contribution in [3.05, 3.63) is 47.5 Å². The number of aromatic nitrogens is 4. The van der Waals surface area contributed by atoms with E-state index in [-0.39, 0.29) is 17.9 Å². The second kappa shape index (κ2) is 6.60. The Hall–Kier alpha value is -2.41. The van der Waals surface area contributed by atoms with Crippen LogP contribution in [-0.2, 0) is 14.1 Å². The minimum atomic E-state index is -0.155. The number of imidazole rings is 1. The summed E-state index contributed by atoms with van der Waals surface area (Å²) in [5.74, 6) is 0.925. The SMILES string of the molecule is CC(C)[C@@H](NC(=O)c1cc(-c2cccs2)nn1C)c1nccn1C. The number of nitrogens with one attached hydrogen (secondary N) is 1. The van der Waals surface area contributed by atoms with Crippen LogP contribution in [-0.4, -0.2) is 25.2 Å². The van der Waals surface area contributed by atoms with Gasteiger partial charge in [0.15, 0.2) is 0 Å². The van der Waals surface area contributed by atoms with E-state index in [4.69, 9.17) is 0 Å². The van der Waals surface area contributed by atoms with Gasteiger partial charge in [-0.2, -0.15) is 5.10 Å².